The number of rotatable bonds is 12. The van der Waals surface area contributed by atoms with Gasteiger partial charge in [-0.1, -0.05) is 0 Å². The number of methoxy groups -OCH3 is 2. The van der Waals surface area contributed by atoms with Crippen molar-refractivity contribution in [2.24, 2.45) is 0 Å². The van der Waals surface area contributed by atoms with Crippen molar-refractivity contribution in [1.82, 2.24) is 40.4 Å². The van der Waals surface area contributed by atoms with Gasteiger partial charge in [0.2, 0.25) is 11.8 Å². The largest absolute Gasteiger partial charge is 0.488 e. The Balaban J connectivity index is 1.03. The highest BCUT2D eigenvalue weighted by atomic mass is 16.5. The van der Waals surface area contributed by atoms with Crippen molar-refractivity contribution in [1.29, 1.82) is 0 Å². The topological polar surface area (TPSA) is 234 Å². The van der Waals surface area contributed by atoms with Crippen LogP contribution in [0.2, 0.25) is 0 Å². The van der Waals surface area contributed by atoms with Gasteiger partial charge in [-0.05, 0) is 77.6 Å². The molecule has 0 aliphatic carbocycles. The maximum atomic E-state index is 13.8. The van der Waals surface area contributed by atoms with E-state index >= 15 is 0 Å². The van der Waals surface area contributed by atoms with Crippen LogP contribution < -0.4 is 20.1 Å². The molecule has 0 spiro atoms. The van der Waals surface area contributed by atoms with Crippen LogP contribution in [0.15, 0.2) is 36.7 Å². The second-order valence-corrected chi connectivity index (χ2v) is 16.1. The average Bonchev–Trinajstić information content (AvgIpc) is 4.06. The van der Waals surface area contributed by atoms with Crippen molar-refractivity contribution < 1.29 is 48.3 Å². The number of ether oxygens (including phenoxy) is 4. The molecule has 2 aromatic carbocycles. The van der Waals surface area contributed by atoms with Crippen LogP contribution in [0, 0.1) is 0 Å². The van der Waals surface area contributed by atoms with E-state index in [1.807, 2.05) is 26.0 Å². The van der Waals surface area contributed by atoms with E-state index in [1.54, 1.807) is 36.0 Å². The van der Waals surface area contributed by atoms with Gasteiger partial charge in [0.05, 0.1) is 48.1 Å². The summed E-state index contributed by atoms with van der Waals surface area (Å²) < 4.78 is 23.5. The molecule has 60 heavy (non-hydrogen) atoms. The van der Waals surface area contributed by atoms with Crippen LogP contribution in [0.5, 0.6) is 11.5 Å². The zero-order valence-corrected chi connectivity index (χ0v) is 34.3. The summed E-state index contributed by atoms with van der Waals surface area (Å²) >= 11 is 0. The van der Waals surface area contributed by atoms with Crippen LogP contribution in [0.3, 0.4) is 0 Å². The number of nitrogens with zero attached hydrogens (tertiary/aromatic N) is 4. The number of carboxylic acid groups (broad SMARTS) is 2. The van der Waals surface area contributed by atoms with E-state index < -0.39 is 36.5 Å². The smallest absolute Gasteiger partial charge is 0.405 e. The summed E-state index contributed by atoms with van der Waals surface area (Å²) in [5.41, 5.74) is 7.00. The van der Waals surface area contributed by atoms with Gasteiger partial charge in [-0.3, -0.25) is 9.59 Å². The second-order valence-electron chi connectivity index (χ2n) is 16.1. The Labute approximate surface area is 346 Å². The number of amides is 4. The fourth-order valence-corrected chi connectivity index (χ4v) is 9.16. The van der Waals surface area contributed by atoms with Gasteiger partial charge >= 0.3 is 12.2 Å². The lowest BCUT2D eigenvalue weighted by Crippen LogP contribution is -2.55. The van der Waals surface area contributed by atoms with E-state index in [4.69, 9.17) is 28.9 Å². The number of hydrogen-bond acceptors (Lipinski definition) is 10. The molecule has 1 unspecified atom stereocenters. The van der Waals surface area contributed by atoms with Gasteiger partial charge in [-0.25, -0.2) is 19.6 Å². The summed E-state index contributed by atoms with van der Waals surface area (Å²) in [5.74, 6) is 1.91. The molecule has 4 aromatic rings. The van der Waals surface area contributed by atoms with Gasteiger partial charge in [-0.2, -0.15) is 0 Å². The first kappa shape index (κ1) is 40.6. The van der Waals surface area contributed by atoms with Crippen molar-refractivity contribution in [3.63, 3.8) is 0 Å². The lowest BCUT2D eigenvalue weighted by molar-refractivity contribution is -0.140. The number of H-pyrrole nitrogens is 2. The molecule has 0 radical (unpaired) electrons. The van der Waals surface area contributed by atoms with E-state index in [1.165, 1.54) is 14.2 Å². The third-order valence-electron chi connectivity index (χ3n) is 12.4. The minimum Gasteiger partial charge on any atom is -0.488 e. The Morgan fingerprint density at radius 1 is 0.700 bits per heavy atom. The van der Waals surface area contributed by atoms with Crippen LogP contribution in [0.4, 0.5) is 9.59 Å². The number of aromatic amines is 2. The molecule has 2 fully saturated rings. The third-order valence-corrected chi connectivity index (χ3v) is 12.4. The van der Waals surface area contributed by atoms with Gasteiger partial charge < -0.3 is 59.6 Å². The molecule has 318 valence electrons. The first-order valence-electron chi connectivity index (χ1n) is 20.2. The lowest BCUT2D eigenvalue weighted by atomic mass is 9.87. The molecule has 0 bridgehead atoms. The Morgan fingerprint density at radius 3 is 1.47 bits per heavy atom. The number of imidazole rings is 2. The third kappa shape index (κ3) is 7.27. The van der Waals surface area contributed by atoms with E-state index in [2.05, 4.69) is 32.7 Å². The monoisotopic (exact) mass is 826 g/mol. The van der Waals surface area contributed by atoms with Crippen molar-refractivity contribution in [3.8, 4) is 45.1 Å². The molecular weight excluding hydrogens is 777 g/mol. The molecule has 18 heteroatoms. The van der Waals surface area contributed by atoms with E-state index in [9.17, 15) is 29.4 Å². The van der Waals surface area contributed by atoms with Crippen LogP contribution >= 0.6 is 0 Å². The number of hydrogen-bond donors (Lipinski definition) is 6. The molecule has 18 nitrogen and oxygen atoms in total. The number of nitrogens with one attached hydrogen (secondary N) is 4. The number of carbonyl (C=O) groups is 4. The van der Waals surface area contributed by atoms with Crippen LogP contribution in [-0.4, -0.2) is 115 Å². The van der Waals surface area contributed by atoms with E-state index in [0.29, 0.717) is 49.2 Å². The molecule has 0 saturated carbocycles. The number of aromatic nitrogens is 4. The van der Waals surface area contributed by atoms with Crippen molar-refractivity contribution >= 4 is 24.0 Å². The van der Waals surface area contributed by atoms with E-state index in [0.717, 1.165) is 57.6 Å². The summed E-state index contributed by atoms with van der Waals surface area (Å²) in [4.78, 5) is 70.4. The summed E-state index contributed by atoms with van der Waals surface area (Å²) in [6.07, 6.45) is 2.31. The standard InChI is InChI=1S/C42H50N8O10/c1-19-7-9-29(49(19)39(51)35(21(3)57-5)47-41(53)54)37-43-15-27(45-37)23-11-25-17-60-32-14-24(12-26-18-59-31(13-23)33(25)34(26)32)28-16-44-38(46-28)30-10-8-20(2)50(30)40(52)36(22(4)58-6)48-42(55)56/h11-16,19-22,29-30,35-36,47-48H,7-10,17-18H2,1-6H3,(H,43,45)(H,44,46)(H,53,54)(H,55,56)/t19-,20-,21+,22+,29-,30?,35-,36-/m0/s1. The average molecular weight is 827 g/mol. The van der Waals surface area contributed by atoms with Crippen LogP contribution in [0.25, 0.3) is 33.6 Å². The number of likely N-dealkylation sites (tertiary alicyclic amines) is 2. The van der Waals surface area contributed by atoms with Crippen LogP contribution in [0.1, 0.15) is 88.2 Å². The van der Waals surface area contributed by atoms with Gasteiger partial charge in [-0.15, -0.1) is 0 Å². The quantitative estimate of drug-likeness (QED) is 0.106. The van der Waals surface area contributed by atoms with Gasteiger partial charge in [0.15, 0.2) is 0 Å². The minimum atomic E-state index is -1.30. The zero-order chi connectivity index (χ0) is 42.6. The number of carbonyl (C=O) groups excluding carboxylic acids is 2. The minimum absolute atomic E-state index is 0.132. The van der Waals surface area contributed by atoms with Crippen molar-refractivity contribution in [2.45, 2.75) is 115 Å². The van der Waals surface area contributed by atoms with Crippen molar-refractivity contribution in [3.05, 3.63) is 59.4 Å². The molecule has 8 rings (SSSR count). The van der Waals surface area contributed by atoms with Gasteiger partial charge in [0, 0.05) is 59.7 Å². The fraction of sp³-hybridized carbons (Fsp3) is 0.476. The maximum absolute atomic E-state index is 13.8. The summed E-state index contributed by atoms with van der Waals surface area (Å²) in [6, 6.07) is 4.90. The molecule has 6 N–H and O–H groups in total. The molecule has 4 aliphatic heterocycles. The predicted molar refractivity (Wildman–Crippen MR) is 215 cm³/mol. The molecule has 4 aliphatic rings. The van der Waals surface area contributed by atoms with Gasteiger partial charge in [0.25, 0.3) is 0 Å². The molecule has 6 heterocycles. The summed E-state index contributed by atoms with van der Waals surface area (Å²) in [6.45, 7) is 7.81. The summed E-state index contributed by atoms with van der Waals surface area (Å²) in [7, 11) is 2.88. The van der Waals surface area contributed by atoms with Gasteiger partial charge in [0.1, 0.15) is 48.4 Å². The summed E-state index contributed by atoms with van der Waals surface area (Å²) in [5, 5.41) is 23.6. The zero-order valence-electron chi connectivity index (χ0n) is 34.3. The Kier molecular flexibility index (Phi) is 10.9. The molecular formula is C42H50N8O10. The highest BCUT2D eigenvalue weighted by Gasteiger charge is 2.44. The Bertz CT molecular complexity index is 2120. The first-order chi connectivity index (χ1) is 28.8. The molecule has 2 aromatic heterocycles. The highest BCUT2D eigenvalue weighted by molar-refractivity contribution is 5.89. The van der Waals surface area contributed by atoms with Crippen molar-refractivity contribution in [2.75, 3.05) is 14.2 Å². The lowest BCUT2D eigenvalue weighted by Gasteiger charge is -2.33. The van der Waals surface area contributed by atoms with E-state index in [-0.39, 0.29) is 36.0 Å². The Hall–Kier alpha value is -6.14. The predicted octanol–water partition coefficient (Wildman–Crippen LogP) is 5.36. The molecule has 2 saturated heterocycles. The second kappa shape index (κ2) is 16.1. The Morgan fingerprint density at radius 2 is 1.10 bits per heavy atom. The fourth-order valence-electron chi connectivity index (χ4n) is 9.16. The van der Waals surface area contributed by atoms with Crippen LogP contribution in [-0.2, 0) is 32.3 Å². The highest BCUT2D eigenvalue weighted by Crippen LogP contribution is 2.51. The SMILES string of the molecule is CO[C@H](C)[C@H](NC(=O)O)C(=O)N1C(c2ncc(-c3cc4c5c(c3)OCc3cc(-c6cnc([C@@H]7CC[C@H](C)N7C(=O)[C@@H](NC(=O)O)[C@@H](C)OC)[nH]6)cc(c3-5)OC4)[nH]2)CC[C@@H]1C. The first-order valence-corrected chi connectivity index (χ1v) is 20.2. The molecule has 4 amide bonds. The normalized spacial score (nSPS) is 22.2. The molecule has 8 atom stereocenters. The maximum Gasteiger partial charge on any atom is 0.405 e. The number of benzene rings is 2.